The number of aryl methyl sites for hydroxylation is 1. The molecule has 0 aliphatic heterocycles. The summed E-state index contributed by atoms with van der Waals surface area (Å²) in [5.74, 6) is 0.564. The second-order valence-electron chi connectivity index (χ2n) is 4.56. The lowest BCUT2D eigenvalue weighted by Crippen LogP contribution is -2.15. The number of rotatable bonds is 5. The van der Waals surface area contributed by atoms with Gasteiger partial charge in [0.25, 0.3) is 0 Å². The number of hydrogen-bond donors (Lipinski definition) is 1. The van der Waals surface area contributed by atoms with Gasteiger partial charge < -0.3 is 10.1 Å². The number of amides is 1. The lowest BCUT2D eigenvalue weighted by molar-refractivity contribution is -0.116. The van der Waals surface area contributed by atoms with Gasteiger partial charge in [-0.1, -0.05) is 29.3 Å². The Labute approximate surface area is 133 Å². The molecule has 2 rings (SSSR count). The Morgan fingerprint density at radius 3 is 2.52 bits per heavy atom. The van der Waals surface area contributed by atoms with Crippen LogP contribution in [0.3, 0.4) is 0 Å². The number of anilines is 1. The van der Waals surface area contributed by atoms with E-state index in [2.05, 4.69) is 5.32 Å². The van der Waals surface area contributed by atoms with Crippen LogP contribution in [-0.2, 0) is 4.79 Å². The van der Waals surface area contributed by atoms with Gasteiger partial charge in [0, 0.05) is 15.7 Å². The number of hydrogen-bond acceptors (Lipinski definition) is 2. The van der Waals surface area contributed by atoms with Gasteiger partial charge in [-0.3, -0.25) is 4.79 Å². The van der Waals surface area contributed by atoms with Crippen molar-refractivity contribution in [2.45, 2.75) is 13.3 Å². The molecule has 0 heterocycles. The summed E-state index contributed by atoms with van der Waals surface area (Å²) < 4.78 is 5.47. The van der Waals surface area contributed by atoms with Crippen molar-refractivity contribution < 1.29 is 9.53 Å². The maximum Gasteiger partial charge on any atom is 0.227 e. The van der Waals surface area contributed by atoms with E-state index in [1.807, 2.05) is 19.1 Å². The van der Waals surface area contributed by atoms with E-state index in [0.29, 0.717) is 28.1 Å². The first-order chi connectivity index (χ1) is 10.0. The van der Waals surface area contributed by atoms with Crippen molar-refractivity contribution in [3.05, 3.63) is 58.1 Å². The predicted molar refractivity (Wildman–Crippen MR) is 86.4 cm³/mol. The topological polar surface area (TPSA) is 38.3 Å². The molecule has 0 bridgehead atoms. The molecule has 0 aliphatic carbocycles. The Balaban J connectivity index is 1.79. The van der Waals surface area contributed by atoms with Crippen LogP contribution in [0, 0.1) is 6.92 Å². The third-order valence-electron chi connectivity index (χ3n) is 2.87. The summed E-state index contributed by atoms with van der Waals surface area (Å²) in [4.78, 5) is 11.8. The maximum absolute atomic E-state index is 11.8. The second-order valence-corrected chi connectivity index (χ2v) is 5.41. The summed E-state index contributed by atoms with van der Waals surface area (Å²) in [7, 11) is 0. The van der Waals surface area contributed by atoms with E-state index in [9.17, 15) is 4.79 Å². The van der Waals surface area contributed by atoms with Crippen molar-refractivity contribution in [2.24, 2.45) is 0 Å². The van der Waals surface area contributed by atoms with Crippen molar-refractivity contribution in [3.8, 4) is 5.75 Å². The van der Waals surface area contributed by atoms with E-state index in [4.69, 9.17) is 27.9 Å². The highest BCUT2D eigenvalue weighted by Crippen LogP contribution is 2.20. The minimum atomic E-state index is -0.121. The van der Waals surface area contributed by atoms with Gasteiger partial charge in [-0.2, -0.15) is 0 Å². The van der Waals surface area contributed by atoms with Gasteiger partial charge in [-0.05, 0) is 48.9 Å². The first-order valence-electron chi connectivity index (χ1n) is 6.49. The third kappa shape index (κ3) is 4.96. The Kier molecular flexibility index (Phi) is 5.48. The molecule has 0 aromatic heterocycles. The molecule has 2 aromatic carbocycles. The molecule has 0 spiro atoms. The fraction of sp³-hybridized carbons (Fsp3) is 0.188. The van der Waals surface area contributed by atoms with E-state index < -0.39 is 0 Å². The summed E-state index contributed by atoms with van der Waals surface area (Å²) in [6, 6.07) is 12.4. The van der Waals surface area contributed by atoms with Crippen LogP contribution in [-0.4, -0.2) is 12.5 Å². The Morgan fingerprint density at radius 1 is 1.14 bits per heavy atom. The smallest absolute Gasteiger partial charge is 0.227 e. The molecule has 0 saturated carbocycles. The van der Waals surface area contributed by atoms with Gasteiger partial charge in [-0.15, -0.1) is 0 Å². The normalized spacial score (nSPS) is 10.2. The standard InChI is InChI=1S/C16H15Cl2NO2/c1-11-2-5-13(10-15(11)18)19-16(20)8-9-21-14-6-3-12(17)4-7-14/h2-7,10H,8-9H2,1H3,(H,19,20). The van der Waals surface area contributed by atoms with E-state index >= 15 is 0 Å². The highest BCUT2D eigenvalue weighted by atomic mass is 35.5. The van der Waals surface area contributed by atoms with Crippen LogP contribution in [0.4, 0.5) is 5.69 Å². The lowest BCUT2D eigenvalue weighted by Gasteiger charge is -2.08. The summed E-state index contributed by atoms with van der Waals surface area (Å²) in [6.07, 6.45) is 0.258. The molecule has 110 valence electrons. The Hall–Kier alpha value is -1.71. The number of carbonyl (C=O) groups is 1. The molecule has 0 aliphatic rings. The van der Waals surface area contributed by atoms with E-state index in [0.717, 1.165) is 5.56 Å². The van der Waals surface area contributed by atoms with Gasteiger partial charge in [0.05, 0.1) is 13.0 Å². The van der Waals surface area contributed by atoms with Crippen LogP contribution in [0.1, 0.15) is 12.0 Å². The Bertz CT molecular complexity index is 627. The average Bonchev–Trinajstić information content (AvgIpc) is 2.45. The van der Waals surface area contributed by atoms with Crippen LogP contribution in [0.5, 0.6) is 5.75 Å². The zero-order valence-electron chi connectivity index (χ0n) is 11.5. The molecule has 3 nitrogen and oxygen atoms in total. The highest BCUT2D eigenvalue weighted by molar-refractivity contribution is 6.31. The van der Waals surface area contributed by atoms with Gasteiger partial charge >= 0.3 is 0 Å². The Morgan fingerprint density at radius 2 is 1.86 bits per heavy atom. The summed E-state index contributed by atoms with van der Waals surface area (Å²) in [6.45, 7) is 2.21. The molecule has 0 saturated heterocycles. The molecule has 0 unspecified atom stereocenters. The van der Waals surface area contributed by atoms with E-state index in [1.165, 1.54) is 0 Å². The molecule has 21 heavy (non-hydrogen) atoms. The van der Waals surface area contributed by atoms with E-state index in [1.54, 1.807) is 30.3 Å². The van der Waals surface area contributed by atoms with Crippen molar-refractivity contribution in [3.63, 3.8) is 0 Å². The van der Waals surface area contributed by atoms with Gasteiger partial charge in [0.1, 0.15) is 5.75 Å². The maximum atomic E-state index is 11.8. The van der Waals surface area contributed by atoms with Crippen LogP contribution in [0.15, 0.2) is 42.5 Å². The molecule has 0 atom stereocenters. The SMILES string of the molecule is Cc1ccc(NC(=O)CCOc2ccc(Cl)cc2)cc1Cl. The second kappa shape index (κ2) is 7.34. The van der Waals surface area contributed by atoms with Crippen LogP contribution < -0.4 is 10.1 Å². The number of carbonyl (C=O) groups excluding carboxylic acids is 1. The van der Waals surface area contributed by atoms with Crippen molar-refractivity contribution in [1.29, 1.82) is 0 Å². The third-order valence-corrected chi connectivity index (χ3v) is 3.53. The van der Waals surface area contributed by atoms with Crippen molar-refractivity contribution in [2.75, 3.05) is 11.9 Å². The minimum Gasteiger partial charge on any atom is -0.493 e. The zero-order chi connectivity index (χ0) is 15.2. The number of benzene rings is 2. The summed E-state index contributed by atoms with van der Waals surface area (Å²) in [5, 5.41) is 4.06. The molecule has 5 heteroatoms. The summed E-state index contributed by atoms with van der Waals surface area (Å²) >= 11 is 11.8. The van der Waals surface area contributed by atoms with Crippen molar-refractivity contribution in [1.82, 2.24) is 0 Å². The molecule has 0 fully saturated rings. The van der Waals surface area contributed by atoms with Gasteiger partial charge in [0.2, 0.25) is 5.91 Å². The fourth-order valence-corrected chi connectivity index (χ4v) is 1.99. The highest BCUT2D eigenvalue weighted by Gasteiger charge is 2.04. The number of nitrogens with one attached hydrogen (secondary N) is 1. The molecule has 1 amide bonds. The monoisotopic (exact) mass is 323 g/mol. The number of halogens is 2. The fourth-order valence-electron chi connectivity index (χ4n) is 1.69. The predicted octanol–water partition coefficient (Wildman–Crippen LogP) is 4.71. The van der Waals surface area contributed by atoms with Crippen LogP contribution in [0.25, 0.3) is 0 Å². The zero-order valence-corrected chi connectivity index (χ0v) is 13.0. The van der Waals surface area contributed by atoms with Crippen LogP contribution >= 0.6 is 23.2 Å². The molecule has 2 aromatic rings. The quantitative estimate of drug-likeness (QED) is 0.865. The minimum absolute atomic E-state index is 0.121. The van der Waals surface area contributed by atoms with E-state index in [-0.39, 0.29) is 12.3 Å². The first-order valence-corrected chi connectivity index (χ1v) is 7.24. The molecular formula is C16H15Cl2NO2. The lowest BCUT2D eigenvalue weighted by atomic mass is 10.2. The number of ether oxygens (including phenoxy) is 1. The molecule has 1 N–H and O–H groups in total. The average molecular weight is 324 g/mol. The van der Waals surface area contributed by atoms with Gasteiger partial charge in [-0.25, -0.2) is 0 Å². The van der Waals surface area contributed by atoms with Gasteiger partial charge in [0.15, 0.2) is 0 Å². The first kappa shape index (κ1) is 15.7. The largest absolute Gasteiger partial charge is 0.493 e. The molecular weight excluding hydrogens is 309 g/mol. The van der Waals surface area contributed by atoms with Crippen LogP contribution in [0.2, 0.25) is 10.0 Å². The molecule has 0 radical (unpaired) electrons. The summed E-state index contributed by atoms with van der Waals surface area (Å²) in [5.41, 5.74) is 1.66. The van der Waals surface area contributed by atoms with Crippen molar-refractivity contribution >= 4 is 34.8 Å².